The lowest BCUT2D eigenvalue weighted by atomic mass is 10.1. The van der Waals surface area contributed by atoms with E-state index in [0.29, 0.717) is 34.6 Å². The number of aromatic nitrogens is 16. The molecular weight excluding hydrogens is 1580 g/mol. The van der Waals surface area contributed by atoms with Crippen molar-refractivity contribution in [3.8, 4) is 44.5 Å². The molecule has 5 aliphatic rings. The summed E-state index contributed by atoms with van der Waals surface area (Å²) in [6.45, 7) is 19.8. The third kappa shape index (κ3) is 19.7. The predicted molar refractivity (Wildman–Crippen MR) is 490 cm³/mol. The third-order valence-corrected chi connectivity index (χ3v) is 24.1. The fourth-order valence-electron chi connectivity index (χ4n) is 16.9. The first-order valence-corrected chi connectivity index (χ1v) is 43.8. The SMILES string of the molecule is CC(C)n1cc(-c2ccc3[nH]nc(C(=O)Nc4ccc(CN5CCCC5)cc4)c3c2)cn1.CCn1cc(-c2ccc3[nH]nc(C(=O)Nc4ccc(CN5CCCC5)cc4)c3c2)cn1.Cn1cc(-c2ccc3[nH]nc(C(=O)Nc4ccc(CN5CCCC5)cc4F)c3c2)cn1.O=C(Nc1ccc(CN2CCCC2)cc1)c1n[nH]c2ccc(-c3cnn(C4CC4)c3)cc12. The molecule has 29 heteroatoms. The topological polar surface area (TPSA) is 315 Å². The average molecular weight is 1690 g/mol. The Morgan fingerprint density at radius 3 is 1.07 bits per heavy atom. The fourth-order valence-corrected chi connectivity index (χ4v) is 16.9. The molecule has 4 saturated heterocycles. The van der Waals surface area contributed by atoms with Crippen LogP contribution >= 0.6 is 0 Å². The molecule has 8 aromatic heterocycles. The van der Waals surface area contributed by atoms with E-state index in [1.807, 2.05) is 174 Å². The Morgan fingerprint density at radius 1 is 0.381 bits per heavy atom. The van der Waals surface area contributed by atoms with Crippen LogP contribution in [0.2, 0.25) is 0 Å². The molecule has 642 valence electrons. The van der Waals surface area contributed by atoms with Gasteiger partial charge in [0.05, 0.1) is 58.6 Å². The Balaban J connectivity index is 0.000000114. The summed E-state index contributed by atoms with van der Waals surface area (Å²) >= 11 is 0. The second kappa shape index (κ2) is 37.7. The molecule has 0 bridgehead atoms. The largest absolute Gasteiger partial charge is 0.321 e. The number of hydrogen-bond acceptors (Lipinski definition) is 16. The summed E-state index contributed by atoms with van der Waals surface area (Å²) in [5.41, 5.74) is 19.8. The van der Waals surface area contributed by atoms with E-state index in [1.54, 1.807) is 16.9 Å². The van der Waals surface area contributed by atoms with Crippen molar-refractivity contribution >= 4 is 90.0 Å². The second-order valence-corrected chi connectivity index (χ2v) is 33.7. The van der Waals surface area contributed by atoms with Crippen molar-refractivity contribution in [3.05, 3.63) is 264 Å². The Kier molecular flexibility index (Phi) is 24.8. The van der Waals surface area contributed by atoms with Gasteiger partial charge in [-0.1, -0.05) is 66.7 Å². The molecule has 8 N–H and O–H groups in total. The number of likely N-dealkylation sites (tertiary alicyclic amines) is 4. The second-order valence-electron chi connectivity index (χ2n) is 33.7. The summed E-state index contributed by atoms with van der Waals surface area (Å²) in [6, 6.07) is 53.8. The summed E-state index contributed by atoms with van der Waals surface area (Å²) in [5, 5.41) is 60.9. The lowest BCUT2D eigenvalue weighted by molar-refractivity contribution is 0.101. The molecule has 1 saturated carbocycles. The molecule has 0 radical (unpaired) electrons. The molecule has 12 heterocycles. The number of carbonyl (C=O) groups is 4. The van der Waals surface area contributed by atoms with E-state index < -0.39 is 11.7 Å². The number of rotatable bonds is 23. The molecule has 0 unspecified atom stereocenters. The molecule has 21 rings (SSSR count). The van der Waals surface area contributed by atoms with Crippen molar-refractivity contribution < 1.29 is 23.6 Å². The third-order valence-electron chi connectivity index (χ3n) is 24.1. The van der Waals surface area contributed by atoms with Gasteiger partial charge in [0.25, 0.3) is 23.6 Å². The number of carbonyl (C=O) groups excluding carboxylic acids is 4. The van der Waals surface area contributed by atoms with Crippen LogP contribution in [0.4, 0.5) is 27.1 Å². The Hall–Kier alpha value is -13.9. The average Bonchev–Trinajstić information content (AvgIpc) is 1.65. The van der Waals surface area contributed by atoms with E-state index in [1.165, 1.54) is 126 Å². The first-order chi connectivity index (χ1) is 61.5. The summed E-state index contributed by atoms with van der Waals surface area (Å²) in [4.78, 5) is 61.5. The van der Waals surface area contributed by atoms with Crippen molar-refractivity contribution in [1.82, 2.24) is 99.5 Å². The quantitative estimate of drug-likeness (QED) is 0.0295. The zero-order valence-electron chi connectivity index (χ0n) is 71.3. The highest BCUT2D eigenvalue weighted by atomic mass is 19.1. The minimum atomic E-state index is -0.458. The number of fused-ring (bicyclic) bond motifs is 4. The van der Waals surface area contributed by atoms with Crippen molar-refractivity contribution in [2.75, 3.05) is 73.6 Å². The standard InChI is InChI=1S/C25H26N6O.C25H28N6O.C24H26N6O.C23H23FN6O/c32-25(27-20-6-3-17(4-7-20)15-30-11-1-2-12-30)24-22-13-18(5-10-23(22)28-29-24)19-14-26-31(16-19)21-8-9-21;1-17(2)31-16-20(14-26-31)19-7-10-23-22(13-19)24(29-28-23)25(32)27-21-8-5-18(6-9-21)15-30-11-3-4-12-30;1-2-30-16-19(14-25-30)18-7-10-22-21(13-18)23(28-27-22)24(31)26-20-8-5-17(6-9-20)15-29-11-3-4-12-29;1-29-14-17(12-25-29)16-5-7-20-18(11-16)22(28-27-20)23(31)26-21-6-4-15(10-19(21)24)13-30-8-2-3-9-30/h3-7,10,13-14,16,21H,1-2,8-9,11-12,15H2,(H,27,32)(H,28,29);5-10,13-14,16-17H,3-4,11-12,15H2,1-2H3,(H,27,32)(H,28,29);5-10,13-14,16H,2-4,11-12,15H2,1H3,(H,26,31)(H,27,28);4-7,10-12,14H,2-3,8-9,13H2,1H3,(H,26,31)(H,27,28). The first-order valence-electron chi connectivity index (χ1n) is 43.8. The molecule has 126 heavy (non-hydrogen) atoms. The van der Waals surface area contributed by atoms with E-state index in [4.69, 9.17) is 0 Å². The van der Waals surface area contributed by atoms with Crippen LogP contribution in [-0.2, 0) is 39.8 Å². The molecule has 4 amide bonds. The molecule has 1 aliphatic carbocycles. The van der Waals surface area contributed by atoms with Crippen LogP contribution < -0.4 is 21.3 Å². The normalized spacial score (nSPS) is 15.0. The molecule has 5 fully saturated rings. The Labute approximate surface area is 728 Å². The molecule has 28 nitrogen and oxygen atoms in total. The lowest BCUT2D eigenvalue weighted by Gasteiger charge is -2.15. The van der Waals surface area contributed by atoms with Gasteiger partial charge < -0.3 is 21.3 Å². The Bertz CT molecular complexity index is 6330. The molecule has 4 aliphatic heterocycles. The monoisotopic (exact) mass is 1690 g/mol. The van der Waals surface area contributed by atoms with Crippen LogP contribution in [0.25, 0.3) is 88.1 Å². The number of anilines is 4. The van der Waals surface area contributed by atoms with Crippen molar-refractivity contribution in [2.24, 2.45) is 7.05 Å². The van der Waals surface area contributed by atoms with E-state index in [9.17, 15) is 23.6 Å². The number of benzene rings is 8. The highest BCUT2D eigenvalue weighted by molar-refractivity contribution is 6.14. The number of amides is 4. The molecule has 0 spiro atoms. The van der Waals surface area contributed by atoms with Gasteiger partial charge in [-0.25, -0.2) is 4.39 Å². The molecule has 0 atom stereocenters. The van der Waals surface area contributed by atoms with Crippen molar-refractivity contribution in [2.45, 2.75) is 130 Å². The maximum Gasteiger partial charge on any atom is 0.276 e. The van der Waals surface area contributed by atoms with Gasteiger partial charge in [-0.2, -0.15) is 40.8 Å². The highest BCUT2D eigenvalue weighted by Gasteiger charge is 2.27. The van der Waals surface area contributed by atoms with E-state index >= 15 is 0 Å². The van der Waals surface area contributed by atoms with Gasteiger partial charge in [-0.3, -0.25) is 77.9 Å². The zero-order valence-corrected chi connectivity index (χ0v) is 71.3. The van der Waals surface area contributed by atoms with E-state index in [-0.39, 0.29) is 29.1 Å². The van der Waals surface area contributed by atoms with Gasteiger partial charge >= 0.3 is 0 Å². The van der Waals surface area contributed by atoms with Gasteiger partial charge in [0.15, 0.2) is 22.8 Å². The first kappa shape index (κ1) is 83.0. The Morgan fingerprint density at radius 2 is 0.722 bits per heavy atom. The minimum absolute atomic E-state index is 0.148. The summed E-state index contributed by atoms with van der Waals surface area (Å²) in [6.07, 6.45) is 27.9. The van der Waals surface area contributed by atoms with Gasteiger partial charge in [-0.05, 0) is 279 Å². The smallest absolute Gasteiger partial charge is 0.276 e. The van der Waals surface area contributed by atoms with Crippen LogP contribution in [0.5, 0.6) is 0 Å². The minimum Gasteiger partial charge on any atom is -0.321 e. The van der Waals surface area contributed by atoms with Gasteiger partial charge in [0, 0.05) is 131 Å². The van der Waals surface area contributed by atoms with Gasteiger partial charge in [-0.15, -0.1) is 0 Å². The van der Waals surface area contributed by atoms with Crippen LogP contribution in [0.3, 0.4) is 0 Å². The molecule has 8 aromatic carbocycles. The van der Waals surface area contributed by atoms with Crippen molar-refractivity contribution in [3.63, 3.8) is 0 Å². The highest BCUT2D eigenvalue weighted by Crippen LogP contribution is 2.37. The number of halogens is 1. The zero-order chi connectivity index (χ0) is 86.2. The fraction of sp³-hybridized carbons (Fsp3) is 0.299. The molecule has 16 aromatic rings. The predicted octanol–water partition coefficient (Wildman–Crippen LogP) is 17.7. The number of nitrogens with zero attached hydrogens (tertiary/aromatic N) is 16. The van der Waals surface area contributed by atoms with E-state index in [2.05, 4.69) is 165 Å². The van der Waals surface area contributed by atoms with Crippen molar-refractivity contribution in [1.29, 1.82) is 0 Å². The number of aryl methyl sites for hydroxylation is 2. The maximum absolute atomic E-state index is 14.7. The van der Waals surface area contributed by atoms with Crippen LogP contribution in [0, 0.1) is 5.82 Å². The number of nitrogens with one attached hydrogen (secondary N) is 8. The summed E-state index contributed by atoms with van der Waals surface area (Å²) in [5.74, 6) is -1.56. The lowest BCUT2D eigenvalue weighted by Crippen LogP contribution is -2.18. The maximum atomic E-state index is 14.7. The van der Waals surface area contributed by atoms with Crippen LogP contribution in [0.15, 0.2) is 213 Å². The number of hydrogen-bond donors (Lipinski definition) is 8. The number of H-pyrrole nitrogens is 4. The van der Waals surface area contributed by atoms with Crippen LogP contribution in [-0.4, -0.2) is 175 Å². The van der Waals surface area contributed by atoms with Gasteiger partial charge in [0.1, 0.15) is 5.82 Å². The summed E-state index contributed by atoms with van der Waals surface area (Å²) in [7, 11) is 1.85. The van der Waals surface area contributed by atoms with Gasteiger partial charge in [0.2, 0.25) is 0 Å². The van der Waals surface area contributed by atoms with E-state index in [0.717, 1.165) is 151 Å². The van der Waals surface area contributed by atoms with Crippen LogP contribution in [0.1, 0.15) is 161 Å². The molecular formula is C97H103FN24O4. The summed E-state index contributed by atoms with van der Waals surface area (Å²) < 4.78 is 22.2. The number of aromatic amines is 4.